The van der Waals surface area contributed by atoms with Crippen molar-refractivity contribution in [2.75, 3.05) is 0 Å². The van der Waals surface area contributed by atoms with Crippen LogP contribution in [0.25, 0.3) is 11.1 Å². The molecule has 0 heterocycles. The molecule has 0 aliphatic heterocycles. The van der Waals surface area contributed by atoms with Gasteiger partial charge in [0.05, 0.1) is 5.71 Å². The van der Waals surface area contributed by atoms with Crippen molar-refractivity contribution in [3.63, 3.8) is 0 Å². The van der Waals surface area contributed by atoms with Crippen molar-refractivity contribution in [3.05, 3.63) is 60.2 Å². The molecule has 3 N–H and O–H groups in total. The highest BCUT2D eigenvalue weighted by molar-refractivity contribution is 7.80. The van der Waals surface area contributed by atoms with E-state index in [0.29, 0.717) is 0 Å². The second-order valence-electron chi connectivity index (χ2n) is 4.12. The summed E-state index contributed by atoms with van der Waals surface area (Å²) in [5.74, 6) is 0. The third-order valence-corrected chi connectivity index (χ3v) is 2.81. The minimum Gasteiger partial charge on any atom is -0.375 e. The van der Waals surface area contributed by atoms with Gasteiger partial charge in [-0.3, -0.25) is 5.43 Å². The molecule has 19 heavy (non-hydrogen) atoms. The summed E-state index contributed by atoms with van der Waals surface area (Å²) >= 11 is 4.73. The van der Waals surface area contributed by atoms with Crippen molar-refractivity contribution >= 4 is 23.0 Å². The molecule has 0 saturated carbocycles. The number of nitrogens with two attached hydrogens (primary N) is 1. The van der Waals surface area contributed by atoms with Crippen LogP contribution in [0.1, 0.15) is 12.5 Å². The first-order chi connectivity index (χ1) is 9.16. The Bertz CT molecular complexity index is 606. The zero-order valence-electron chi connectivity index (χ0n) is 10.6. The molecular formula is C15H15N3S. The van der Waals surface area contributed by atoms with Crippen molar-refractivity contribution in [3.8, 4) is 11.1 Å². The van der Waals surface area contributed by atoms with Gasteiger partial charge < -0.3 is 5.73 Å². The number of nitrogens with zero attached hydrogens (tertiary/aromatic N) is 1. The number of hydrogen-bond acceptors (Lipinski definition) is 2. The molecule has 0 unspecified atom stereocenters. The maximum atomic E-state index is 5.35. The van der Waals surface area contributed by atoms with Crippen molar-refractivity contribution in [1.82, 2.24) is 5.43 Å². The molecule has 0 aliphatic carbocycles. The molecule has 4 heteroatoms. The molecule has 2 rings (SSSR count). The lowest BCUT2D eigenvalue weighted by Gasteiger charge is -2.06. The monoisotopic (exact) mass is 269 g/mol. The van der Waals surface area contributed by atoms with E-state index in [0.717, 1.165) is 16.8 Å². The lowest BCUT2D eigenvalue weighted by Crippen LogP contribution is -2.25. The van der Waals surface area contributed by atoms with Gasteiger partial charge in [-0.2, -0.15) is 5.10 Å². The molecule has 0 saturated heterocycles. The van der Waals surface area contributed by atoms with Crippen LogP contribution in [0.15, 0.2) is 59.7 Å². The lowest BCUT2D eigenvalue weighted by atomic mass is 10.0. The first-order valence-corrected chi connectivity index (χ1v) is 6.33. The fraction of sp³-hybridized carbons (Fsp3) is 0.0667. The molecule has 0 radical (unpaired) electrons. The highest BCUT2D eigenvalue weighted by atomic mass is 32.1. The molecule has 0 aromatic heterocycles. The van der Waals surface area contributed by atoms with Gasteiger partial charge >= 0.3 is 0 Å². The lowest BCUT2D eigenvalue weighted by molar-refractivity contribution is 1.03. The number of nitrogens with one attached hydrogen (secondary N) is 1. The van der Waals surface area contributed by atoms with E-state index in [1.165, 1.54) is 5.56 Å². The van der Waals surface area contributed by atoms with Gasteiger partial charge in [0.15, 0.2) is 5.11 Å². The molecule has 0 fully saturated rings. The van der Waals surface area contributed by atoms with Gasteiger partial charge in [0.2, 0.25) is 0 Å². The maximum Gasteiger partial charge on any atom is 0.184 e. The summed E-state index contributed by atoms with van der Waals surface area (Å²) in [4.78, 5) is 0. The van der Waals surface area contributed by atoms with Gasteiger partial charge in [-0.05, 0) is 41.9 Å². The first kappa shape index (κ1) is 13.2. The van der Waals surface area contributed by atoms with Gasteiger partial charge in [0.25, 0.3) is 0 Å². The quantitative estimate of drug-likeness (QED) is 0.512. The highest BCUT2D eigenvalue weighted by Crippen LogP contribution is 2.20. The Labute approximate surface area is 118 Å². The van der Waals surface area contributed by atoms with E-state index < -0.39 is 0 Å². The Morgan fingerprint density at radius 3 is 2.42 bits per heavy atom. The third-order valence-electron chi connectivity index (χ3n) is 2.72. The summed E-state index contributed by atoms with van der Waals surface area (Å²) in [5, 5.41) is 4.29. The first-order valence-electron chi connectivity index (χ1n) is 5.92. The van der Waals surface area contributed by atoms with Crippen LogP contribution in [0.2, 0.25) is 0 Å². The zero-order valence-corrected chi connectivity index (χ0v) is 11.4. The molecule has 2 aromatic rings. The molecule has 96 valence electrons. The molecule has 2 aromatic carbocycles. The van der Waals surface area contributed by atoms with E-state index in [2.05, 4.69) is 34.8 Å². The van der Waals surface area contributed by atoms with E-state index in [4.69, 9.17) is 18.0 Å². The van der Waals surface area contributed by atoms with Crippen LogP contribution < -0.4 is 11.2 Å². The van der Waals surface area contributed by atoms with Crippen molar-refractivity contribution in [2.24, 2.45) is 10.8 Å². The topological polar surface area (TPSA) is 50.4 Å². The van der Waals surface area contributed by atoms with Gasteiger partial charge in [-0.25, -0.2) is 0 Å². The third kappa shape index (κ3) is 3.63. The average molecular weight is 269 g/mol. The Kier molecular flexibility index (Phi) is 4.26. The SMILES string of the molecule is C/C(=N\NC(N)=S)c1cccc(-c2ccccc2)c1. The van der Waals surface area contributed by atoms with Crippen LogP contribution in [0, 0.1) is 0 Å². The summed E-state index contributed by atoms with van der Waals surface area (Å²) in [5.41, 5.74) is 12.2. The van der Waals surface area contributed by atoms with Crippen LogP contribution in [-0.4, -0.2) is 10.8 Å². The minimum absolute atomic E-state index is 0.165. The summed E-state index contributed by atoms with van der Waals surface area (Å²) in [7, 11) is 0. The molecule has 0 spiro atoms. The van der Waals surface area contributed by atoms with E-state index in [9.17, 15) is 0 Å². The second-order valence-corrected chi connectivity index (χ2v) is 4.56. The van der Waals surface area contributed by atoms with Gasteiger partial charge in [0, 0.05) is 0 Å². The molecule has 0 amide bonds. The summed E-state index contributed by atoms with van der Waals surface area (Å²) < 4.78 is 0. The minimum atomic E-state index is 0.165. The number of rotatable bonds is 3. The fourth-order valence-electron chi connectivity index (χ4n) is 1.76. The van der Waals surface area contributed by atoms with Gasteiger partial charge in [-0.15, -0.1) is 0 Å². The molecule has 0 bridgehead atoms. The predicted octanol–water partition coefficient (Wildman–Crippen LogP) is 2.91. The Balaban J connectivity index is 2.30. The highest BCUT2D eigenvalue weighted by Gasteiger charge is 2.01. The van der Waals surface area contributed by atoms with Crippen LogP contribution in [-0.2, 0) is 0 Å². The van der Waals surface area contributed by atoms with E-state index >= 15 is 0 Å². The molecular weight excluding hydrogens is 254 g/mol. The molecule has 0 atom stereocenters. The molecule has 3 nitrogen and oxygen atoms in total. The summed E-state index contributed by atoms with van der Waals surface area (Å²) in [6.07, 6.45) is 0. The van der Waals surface area contributed by atoms with Crippen LogP contribution in [0.5, 0.6) is 0 Å². The second kappa shape index (κ2) is 6.11. The van der Waals surface area contributed by atoms with Crippen molar-refractivity contribution < 1.29 is 0 Å². The number of hydrogen-bond donors (Lipinski definition) is 2. The average Bonchev–Trinajstić information content (AvgIpc) is 2.46. The van der Waals surface area contributed by atoms with E-state index in [-0.39, 0.29) is 5.11 Å². The molecule has 0 aliphatic rings. The number of thiocarbonyl (C=S) groups is 1. The van der Waals surface area contributed by atoms with Gasteiger partial charge in [0.1, 0.15) is 0 Å². The van der Waals surface area contributed by atoms with E-state index in [1.807, 2.05) is 37.3 Å². The maximum absolute atomic E-state index is 5.35. The Morgan fingerprint density at radius 2 is 1.74 bits per heavy atom. The van der Waals surface area contributed by atoms with Gasteiger partial charge in [-0.1, -0.05) is 48.5 Å². The van der Waals surface area contributed by atoms with Crippen molar-refractivity contribution in [1.29, 1.82) is 0 Å². The largest absolute Gasteiger partial charge is 0.375 e. The Morgan fingerprint density at radius 1 is 1.05 bits per heavy atom. The summed E-state index contributed by atoms with van der Waals surface area (Å²) in [6.45, 7) is 1.91. The number of hydrazone groups is 1. The Hall–Kier alpha value is -2.20. The zero-order chi connectivity index (χ0) is 13.7. The van der Waals surface area contributed by atoms with Crippen LogP contribution in [0.4, 0.5) is 0 Å². The number of benzene rings is 2. The fourth-order valence-corrected chi connectivity index (χ4v) is 1.80. The predicted molar refractivity (Wildman–Crippen MR) is 84.0 cm³/mol. The van der Waals surface area contributed by atoms with E-state index in [1.54, 1.807) is 0 Å². The van der Waals surface area contributed by atoms with Crippen molar-refractivity contribution in [2.45, 2.75) is 6.92 Å². The normalized spacial score (nSPS) is 11.1. The van der Waals surface area contributed by atoms with Crippen LogP contribution >= 0.6 is 12.2 Å². The summed E-state index contributed by atoms with van der Waals surface area (Å²) in [6, 6.07) is 18.4. The van der Waals surface area contributed by atoms with Crippen LogP contribution in [0.3, 0.4) is 0 Å². The smallest absolute Gasteiger partial charge is 0.184 e. The standard InChI is InChI=1S/C15H15N3S/c1-11(17-18-15(16)19)13-8-5-9-14(10-13)12-6-3-2-4-7-12/h2-10H,1H3,(H3,16,18,19)/b17-11+.